The van der Waals surface area contributed by atoms with E-state index in [-0.39, 0.29) is 11.9 Å². The largest absolute Gasteiger partial charge is 0.497 e. The van der Waals surface area contributed by atoms with Gasteiger partial charge in [-0.05, 0) is 29.7 Å². The molecule has 3 heterocycles. The van der Waals surface area contributed by atoms with Crippen LogP contribution < -0.4 is 19.3 Å². The van der Waals surface area contributed by atoms with Gasteiger partial charge in [0.25, 0.3) is 0 Å². The molecule has 3 aromatic rings. The molecule has 1 atom stereocenters. The molecule has 0 bridgehead atoms. The minimum atomic E-state index is -0.00303. The summed E-state index contributed by atoms with van der Waals surface area (Å²) >= 11 is 0. The number of carbonyl (C=O) groups excluding carboxylic acids is 1. The van der Waals surface area contributed by atoms with Gasteiger partial charge in [0.05, 0.1) is 20.3 Å². The molecule has 200 valence electrons. The number of nitrogens with zero attached hydrogens (tertiary/aromatic N) is 4. The van der Waals surface area contributed by atoms with Crippen LogP contribution in [0.25, 0.3) is 0 Å². The number of amides is 1. The highest BCUT2D eigenvalue weighted by Crippen LogP contribution is 2.30. The Labute approximate surface area is 224 Å². The number of ether oxygens (including phenoxy) is 3. The normalized spacial score (nSPS) is 18.3. The Bertz CT molecular complexity index is 1200. The number of carbonyl (C=O) groups is 1. The molecule has 1 amide bonds. The molecule has 2 aliphatic heterocycles. The third-order valence-electron chi connectivity index (χ3n) is 7.26. The summed E-state index contributed by atoms with van der Waals surface area (Å²) in [4.78, 5) is 24.3. The van der Waals surface area contributed by atoms with E-state index in [2.05, 4.69) is 28.0 Å². The van der Waals surface area contributed by atoms with Crippen molar-refractivity contribution in [2.75, 3.05) is 63.4 Å². The van der Waals surface area contributed by atoms with E-state index in [0.29, 0.717) is 45.2 Å². The van der Waals surface area contributed by atoms with Crippen LogP contribution in [-0.4, -0.2) is 75.4 Å². The summed E-state index contributed by atoms with van der Waals surface area (Å²) in [6.45, 7) is 4.77. The third kappa shape index (κ3) is 6.37. The molecule has 1 unspecified atom stereocenters. The van der Waals surface area contributed by atoms with Crippen LogP contribution in [0.3, 0.4) is 0 Å². The monoisotopic (exact) mass is 516 g/mol. The molecule has 8 heteroatoms. The number of methoxy groups -OCH3 is 1. The second kappa shape index (κ2) is 12.2. The predicted molar refractivity (Wildman–Crippen MR) is 148 cm³/mol. The van der Waals surface area contributed by atoms with Gasteiger partial charge in [0, 0.05) is 63.5 Å². The zero-order valence-corrected chi connectivity index (χ0v) is 22.2. The van der Waals surface area contributed by atoms with E-state index in [1.807, 2.05) is 60.5 Å². The average molecular weight is 517 g/mol. The highest BCUT2D eigenvalue weighted by Gasteiger charge is 2.29. The van der Waals surface area contributed by atoms with E-state index >= 15 is 0 Å². The fourth-order valence-corrected chi connectivity index (χ4v) is 4.98. The Kier molecular flexibility index (Phi) is 8.28. The van der Waals surface area contributed by atoms with Crippen LogP contribution in [0.4, 0.5) is 11.5 Å². The van der Waals surface area contributed by atoms with Crippen molar-refractivity contribution in [2.24, 2.45) is 0 Å². The molecule has 2 aromatic carbocycles. The first kappa shape index (κ1) is 25.9. The lowest BCUT2D eigenvalue weighted by Crippen LogP contribution is -2.39. The fourth-order valence-electron chi connectivity index (χ4n) is 4.98. The quantitative estimate of drug-likeness (QED) is 0.451. The van der Waals surface area contributed by atoms with Crippen molar-refractivity contribution in [3.63, 3.8) is 0 Å². The zero-order chi connectivity index (χ0) is 26.3. The van der Waals surface area contributed by atoms with Crippen LogP contribution in [0.1, 0.15) is 17.5 Å². The van der Waals surface area contributed by atoms with Gasteiger partial charge in [-0.2, -0.15) is 4.98 Å². The highest BCUT2D eigenvalue weighted by atomic mass is 16.5. The van der Waals surface area contributed by atoms with Crippen LogP contribution in [-0.2, 0) is 22.6 Å². The van der Waals surface area contributed by atoms with E-state index < -0.39 is 0 Å². The molecule has 1 aromatic heterocycles. The first-order valence-corrected chi connectivity index (χ1v) is 13.2. The number of anilines is 2. The standard InChI is InChI=1S/C30H36N4O4/c1-32-12-13-34(26(21-30(32)35)18-23-6-4-3-5-7-23)28-19-25(33-14-16-37-17-15-33)20-29(31-28)38-22-24-8-10-27(36-2)11-9-24/h3-11,19-20,26H,12-18,21-22H2,1-2H3. The lowest BCUT2D eigenvalue weighted by Gasteiger charge is -2.33. The van der Waals surface area contributed by atoms with Gasteiger partial charge >= 0.3 is 0 Å². The number of hydrogen-bond donors (Lipinski definition) is 0. The van der Waals surface area contributed by atoms with Gasteiger partial charge in [-0.15, -0.1) is 0 Å². The van der Waals surface area contributed by atoms with Crippen molar-refractivity contribution in [3.8, 4) is 11.6 Å². The Morgan fingerprint density at radius 1 is 0.947 bits per heavy atom. The minimum absolute atomic E-state index is 0.00303. The van der Waals surface area contributed by atoms with Gasteiger partial charge < -0.3 is 28.9 Å². The average Bonchev–Trinajstić information content (AvgIpc) is 3.10. The number of likely N-dealkylation sites (N-methyl/N-ethyl adjacent to an activating group) is 1. The second-order valence-corrected chi connectivity index (χ2v) is 9.81. The van der Waals surface area contributed by atoms with E-state index in [1.54, 1.807) is 7.11 Å². The van der Waals surface area contributed by atoms with Crippen molar-refractivity contribution in [3.05, 3.63) is 77.9 Å². The minimum Gasteiger partial charge on any atom is -0.497 e. The fraction of sp³-hybridized carbons (Fsp3) is 0.400. The molecule has 38 heavy (non-hydrogen) atoms. The van der Waals surface area contributed by atoms with E-state index in [0.717, 1.165) is 42.3 Å². The SMILES string of the molecule is COc1ccc(COc2cc(N3CCOCC3)cc(N3CCN(C)C(=O)CC3Cc3ccccc3)n2)cc1. The van der Waals surface area contributed by atoms with E-state index in [4.69, 9.17) is 19.2 Å². The Morgan fingerprint density at radius 2 is 1.71 bits per heavy atom. The summed E-state index contributed by atoms with van der Waals surface area (Å²) in [5, 5.41) is 0. The summed E-state index contributed by atoms with van der Waals surface area (Å²) in [7, 11) is 3.54. The smallest absolute Gasteiger partial charge is 0.224 e. The molecule has 8 nitrogen and oxygen atoms in total. The molecule has 2 saturated heterocycles. The van der Waals surface area contributed by atoms with Gasteiger partial charge in [-0.3, -0.25) is 4.79 Å². The van der Waals surface area contributed by atoms with Crippen LogP contribution >= 0.6 is 0 Å². The molecule has 0 N–H and O–H groups in total. The van der Waals surface area contributed by atoms with Crippen LogP contribution in [0.2, 0.25) is 0 Å². The van der Waals surface area contributed by atoms with Crippen molar-refractivity contribution in [2.45, 2.75) is 25.5 Å². The summed E-state index contributed by atoms with van der Waals surface area (Å²) in [5.74, 6) is 2.38. The third-order valence-corrected chi connectivity index (χ3v) is 7.26. The molecule has 0 aliphatic carbocycles. The lowest BCUT2D eigenvalue weighted by molar-refractivity contribution is -0.129. The van der Waals surface area contributed by atoms with E-state index in [9.17, 15) is 4.79 Å². The van der Waals surface area contributed by atoms with Crippen molar-refractivity contribution in [1.82, 2.24) is 9.88 Å². The lowest BCUT2D eigenvalue weighted by atomic mass is 10.0. The number of benzene rings is 2. The Hall–Kier alpha value is -3.78. The number of pyridine rings is 1. The molecule has 0 saturated carbocycles. The van der Waals surface area contributed by atoms with Crippen molar-refractivity contribution in [1.29, 1.82) is 0 Å². The Morgan fingerprint density at radius 3 is 2.45 bits per heavy atom. The van der Waals surface area contributed by atoms with Gasteiger partial charge in [-0.1, -0.05) is 42.5 Å². The second-order valence-electron chi connectivity index (χ2n) is 9.81. The first-order valence-electron chi connectivity index (χ1n) is 13.2. The summed E-state index contributed by atoms with van der Waals surface area (Å²) in [5.41, 5.74) is 3.31. The molecule has 0 spiro atoms. The maximum Gasteiger partial charge on any atom is 0.224 e. The van der Waals surface area contributed by atoms with Crippen molar-refractivity contribution >= 4 is 17.4 Å². The number of rotatable bonds is 8. The van der Waals surface area contributed by atoms with Gasteiger partial charge in [0.1, 0.15) is 18.2 Å². The topological polar surface area (TPSA) is 67.4 Å². The molecular weight excluding hydrogens is 480 g/mol. The van der Waals surface area contributed by atoms with Gasteiger partial charge in [0.15, 0.2) is 0 Å². The molecule has 0 radical (unpaired) electrons. The Balaban J connectivity index is 1.45. The summed E-state index contributed by atoms with van der Waals surface area (Å²) in [6, 6.07) is 22.4. The predicted octanol–water partition coefficient (Wildman–Crippen LogP) is 3.79. The maximum absolute atomic E-state index is 12.9. The van der Waals surface area contributed by atoms with Crippen LogP contribution in [0.5, 0.6) is 11.6 Å². The molecule has 5 rings (SSSR count). The number of hydrogen-bond acceptors (Lipinski definition) is 7. The number of morpholine rings is 1. The van der Waals surface area contributed by atoms with Crippen molar-refractivity contribution < 1.29 is 19.0 Å². The van der Waals surface area contributed by atoms with Gasteiger partial charge in [-0.25, -0.2) is 0 Å². The summed E-state index contributed by atoms with van der Waals surface area (Å²) in [6.07, 6.45) is 1.21. The molecule has 2 aliphatic rings. The first-order chi connectivity index (χ1) is 18.6. The van der Waals surface area contributed by atoms with Gasteiger partial charge in [0.2, 0.25) is 11.8 Å². The highest BCUT2D eigenvalue weighted by molar-refractivity contribution is 5.78. The number of aromatic nitrogens is 1. The van der Waals surface area contributed by atoms with Crippen LogP contribution in [0.15, 0.2) is 66.7 Å². The zero-order valence-electron chi connectivity index (χ0n) is 22.2. The molecular formula is C30H36N4O4. The van der Waals surface area contributed by atoms with Crippen LogP contribution in [0, 0.1) is 0 Å². The molecule has 2 fully saturated rings. The maximum atomic E-state index is 12.9. The van der Waals surface area contributed by atoms with E-state index in [1.165, 1.54) is 5.56 Å². The summed E-state index contributed by atoms with van der Waals surface area (Å²) < 4.78 is 17.1.